The summed E-state index contributed by atoms with van der Waals surface area (Å²) >= 11 is 6.42. The van der Waals surface area contributed by atoms with Crippen LogP contribution in [0.2, 0.25) is 5.02 Å². The largest absolute Gasteiger partial charge is 0.493 e. The average Bonchev–Trinajstić information content (AvgIpc) is 2.77. The molecule has 0 radical (unpaired) electrons. The molecule has 3 rings (SSSR count). The molecule has 2 N–H and O–H groups in total. The number of benzene rings is 3. The molecule has 0 saturated carbocycles. The van der Waals surface area contributed by atoms with Crippen LogP contribution in [0, 0.1) is 0 Å². The number of rotatable bonds is 9. The summed E-state index contributed by atoms with van der Waals surface area (Å²) in [6, 6.07) is 23.3. The van der Waals surface area contributed by atoms with Gasteiger partial charge in [0.2, 0.25) is 0 Å². The highest BCUT2D eigenvalue weighted by Crippen LogP contribution is 2.36. The van der Waals surface area contributed by atoms with Gasteiger partial charge in [0, 0.05) is 18.3 Å². The first kappa shape index (κ1) is 21.7. The van der Waals surface area contributed by atoms with E-state index in [0.717, 1.165) is 5.56 Å². The fourth-order valence-corrected chi connectivity index (χ4v) is 3.29. The summed E-state index contributed by atoms with van der Waals surface area (Å²) in [7, 11) is 1.55. The van der Waals surface area contributed by atoms with Gasteiger partial charge in [-0.1, -0.05) is 60.1 Å². The second-order valence-electron chi connectivity index (χ2n) is 6.83. The number of carbonyl (C=O) groups excluding carboxylic acids is 1. The molecule has 30 heavy (non-hydrogen) atoms. The van der Waals surface area contributed by atoms with Gasteiger partial charge < -0.3 is 20.1 Å². The summed E-state index contributed by atoms with van der Waals surface area (Å²) in [6.07, 6.45) is 0. The monoisotopic (exact) mass is 424 g/mol. The van der Waals surface area contributed by atoms with Crippen LogP contribution in [0.1, 0.15) is 24.1 Å². The molecular formula is C24H25ClN2O3. The van der Waals surface area contributed by atoms with Gasteiger partial charge in [0.05, 0.1) is 12.1 Å². The van der Waals surface area contributed by atoms with E-state index in [1.807, 2.05) is 60.7 Å². The van der Waals surface area contributed by atoms with Crippen LogP contribution >= 0.6 is 11.6 Å². The van der Waals surface area contributed by atoms with Gasteiger partial charge in [-0.15, -0.1) is 0 Å². The molecule has 0 aromatic heterocycles. The standard InChI is InChI=1S/C24H25ClN2O3/c1-17(19-9-5-3-6-10-19)26-15-18-13-21(25)24(22(14-18)29-2)30-16-23(28)27-20-11-7-4-8-12-20/h3-14,17,26H,15-16H2,1-2H3,(H,27,28)/t17-/m1/s1. The smallest absolute Gasteiger partial charge is 0.262 e. The zero-order chi connectivity index (χ0) is 21.3. The minimum atomic E-state index is -0.276. The van der Waals surface area contributed by atoms with Gasteiger partial charge in [-0.2, -0.15) is 0 Å². The molecule has 0 heterocycles. The first-order chi connectivity index (χ1) is 14.6. The molecular weight excluding hydrogens is 400 g/mol. The number of nitrogens with one attached hydrogen (secondary N) is 2. The minimum absolute atomic E-state index is 0.173. The summed E-state index contributed by atoms with van der Waals surface area (Å²) in [4.78, 5) is 12.1. The van der Waals surface area contributed by atoms with Crippen molar-refractivity contribution in [3.05, 3.63) is 88.9 Å². The highest BCUT2D eigenvalue weighted by Gasteiger charge is 2.15. The lowest BCUT2D eigenvalue weighted by molar-refractivity contribution is -0.118. The molecule has 0 aliphatic carbocycles. The Labute approximate surface area is 182 Å². The van der Waals surface area contributed by atoms with E-state index in [-0.39, 0.29) is 18.6 Å². The molecule has 3 aromatic rings. The van der Waals surface area contributed by atoms with E-state index >= 15 is 0 Å². The highest BCUT2D eigenvalue weighted by atomic mass is 35.5. The quantitative estimate of drug-likeness (QED) is 0.494. The molecule has 0 spiro atoms. The number of halogens is 1. The Balaban J connectivity index is 1.61. The van der Waals surface area contributed by atoms with Crippen molar-refractivity contribution in [2.75, 3.05) is 19.0 Å². The number of amides is 1. The van der Waals surface area contributed by atoms with Crippen molar-refractivity contribution in [2.24, 2.45) is 0 Å². The first-order valence-electron chi connectivity index (χ1n) is 9.69. The topological polar surface area (TPSA) is 59.6 Å². The van der Waals surface area contributed by atoms with Crippen LogP contribution in [0.3, 0.4) is 0 Å². The van der Waals surface area contributed by atoms with Crippen LogP contribution in [0.4, 0.5) is 5.69 Å². The number of carbonyl (C=O) groups is 1. The van der Waals surface area contributed by atoms with Crippen molar-refractivity contribution in [3.63, 3.8) is 0 Å². The zero-order valence-corrected chi connectivity index (χ0v) is 17.8. The maximum Gasteiger partial charge on any atom is 0.262 e. The Morgan fingerprint density at radius 1 is 1.03 bits per heavy atom. The van der Waals surface area contributed by atoms with E-state index in [1.165, 1.54) is 5.56 Å². The molecule has 1 atom stereocenters. The van der Waals surface area contributed by atoms with Crippen LogP contribution < -0.4 is 20.1 Å². The fraction of sp³-hybridized carbons (Fsp3) is 0.208. The normalized spacial score (nSPS) is 11.6. The predicted octanol–water partition coefficient (Wildman–Crippen LogP) is 5.22. The Hall–Kier alpha value is -3.02. The molecule has 0 fully saturated rings. The van der Waals surface area contributed by atoms with Gasteiger partial charge in [-0.3, -0.25) is 4.79 Å². The van der Waals surface area contributed by atoms with E-state index in [4.69, 9.17) is 21.1 Å². The van der Waals surface area contributed by atoms with E-state index in [0.29, 0.717) is 28.8 Å². The Bertz CT molecular complexity index is 965. The lowest BCUT2D eigenvalue weighted by Gasteiger charge is -2.17. The second kappa shape index (κ2) is 10.7. The van der Waals surface area contributed by atoms with Crippen LogP contribution in [0.15, 0.2) is 72.8 Å². The van der Waals surface area contributed by atoms with Crippen LogP contribution in [0.5, 0.6) is 11.5 Å². The molecule has 5 nitrogen and oxygen atoms in total. The first-order valence-corrected chi connectivity index (χ1v) is 10.1. The van der Waals surface area contributed by atoms with E-state index in [9.17, 15) is 4.79 Å². The molecule has 6 heteroatoms. The lowest BCUT2D eigenvalue weighted by atomic mass is 10.1. The molecule has 3 aromatic carbocycles. The van der Waals surface area contributed by atoms with Crippen molar-refractivity contribution in [3.8, 4) is 11.5 Å². The average molecular weight is 425 g/mol. The van der Waals surface area contributed by atoms with Gasteiger partial charge in [-0.05, 0) is 42.3 Å². The van der Waals surface area contributed by atoms with Gasteiger partial charge in [0.15, 0.2) is 18.1 Å². The predicted molar refractivity (Wildman–Crippen MR) is 120 cm³/mol. The number of para-hydroxylation sites is 1. The maximum atomic E-state index is 12.1. The van der Waals surface area contributed by atoms with Gasteiger partial charge in [0.25, 0.3) is 5.91 Å². The lowest BCUT2D eigenvalue weighted by Crippen LogP contribution is -2.20. The summed E-state index contributed by atoms with van der Waals surface area (Å²) < 4.78 is 11.1. The molecule has 0 unspecified atom stereocenters. The minimum Gasteiger partial charge on any atom is -0.493 e. The van der Waals surface area contributed by atoms with Crippen molar-refractivity contribution in [1.29, 1.82) is 0 Å². The zero-order valence-electron chi connectivity index (χ0n) is 17.0. The SMILES string of the molecule is COc1cc(CN[C@H](C)c2ccccc2)cc(Cl)c1OCC(=O)Nc1ccccc1. The second-order valence-corrected chi connectivity index (χ2v) is 7.23. The van der Waals surface area contributed by atoms with Crippen molar-refractivity contribution in [1.82, 2.24) is 5.32 Å². The number of ether oxygens (including phenoxy) is 2. The third-order valence-electron chi connectivity index (χ3n) is 4.61. The number of anilines is 1. The van der Waals surface area contributed by atoms with Crippen molar-refractivity contribution >= 4 is 23.2 Å². The molecule has 156 valence electrons. The van der Waals surface area contributed by atoms with Crippen LogP contribution in [0.25, 0.3) is 0 Å². The van der Waals surface area contributed by atoms with Crippen LogP contribution in [-0.2, 0) is 11.3 Å². The molecule has 0 bridgehead atoms. The summed E-state index contributed by atoms with van der Waals surface area (Å²) in [5.41, 5.74) is 2.87. The number of hydrogen-bond acceptors (Lipinski definition) is 4. The molecule has 0 aliphatic rings. The Morgan fingerprint density at radius 2 is 1.70 bits per heavy atom. The Kier molecular flexibility index (Phi) is 7.71. The van der Waals surface area contributed by atoms with E-state index < -0.39 is 0 Å². The van der Waals surface area contributed by atoms with Crippen molar-refractivity contribution < 1.29 is 14.3 Å². The third kappa shape index (κ3) is 5.99. The van der Waals surface area contributed by atoms with Gasteiger partial charge >= 0.3 is 0 Å². The van der Waals surface area contributed by atoms with E-state index in [2.05, 4.69) is 29.7 Å². The Morgan fingerprint density at radius 3 is 2.37 bits per heavy atom. The molecule has 0 aliphatic heterocycles. The van der Waals surface area contributed by atoms with Gasteiger partial charge in [-0.25, -0.2) is 0 Å². The summed E-state index contributed by atoms with van der Waals surface area (Å²) in [5, 5.41) is 6.64. The summed E-state index contributed by atoms with van der Waals surface area (Å²) in [6.45, 7) is 2.55. The molecule has 1 amide bonds. The van der Waals surface area contributed by atoms with Gasteiger partial charge in [0.1, 0.15) is 0 Å². The number of methoxy groups -OCH3 is 1. The number of hydrogen-bond donors (Lipinski definition) is 2. The van der Waals surface area contributed by atoms with Crippen LogP contribution in [-0.4, -0.2) is 19.6 Å². The van der Waals surface area contributed by atoms with Crippen molar-refractivity contribution in [2.45, 2.75) is 19.5 Å². The third-order valence-corrected chi connectivity index (χ3v) is 4.89. The highest BCUT2D eigenvalue weighted by molar-refractivity contribution is 6.32. The fourth-order valence-electron chi connectivity index (χ4n) is 3.00. The van der Waals surface area contributed by atoms with E-state index in [1.54, 1.807) is 7.11 Å². The summed E-state index contributed by atoms with van der Waals surface area (Å²) in [5.74, 6) is 0.558. The molecule has 0 saturated heterocycles. The maximum absolute atomic E-state index is 12.1.